The highest BCUT2D eigenvalue weighted by molar-refractivity contribution is 5.98. The Kier molecular flexibility index (Phi) is 7.84. The van der Waals surface area contributed by atoms with Crippen LogP contribution in [0.1, 0.15) is 28.2 Å². The van der Waals surface area contributed by atoms with Crippen LogP contribution in [0.2, 0.25) is 0 Å². The van der Waals surface area contributed by atoms with Crippen LogP contribution in [0.25, 0.3) is 0 Å². The Morgan fingerprint density at radius 2 is 1.34 bits per heavy atom. The molecule has 0 aliphatic carbocycles. The van der Waals surface area contributed by atoms with Gasteiger partial charge in [0.25, 0.3) is 0 Å². The highest BCUT2D eigenvalue weighted by Crippen LogP contribution is 2.27. The maximum atomic E-state index is 13.4. The molecule has 38 heavy (non-hydrogen) atoms. The zero-order chi connectivity index (χ0) is 26.3. The molecule has 0 radical (unpaired) electrons. The fourth-order valence-electron chi connectivity index (χ4n) is 5.08. The minimum absolute atomic E-state index is 0.0594. The lowest BCUT2D eigenvalue weighted by Gasteiger charge is -2.36. The largest absolute Gasteiger partial charge is 0.368 e. The average molecular weight is 504 g/mol. The first-order valence-electron chi connectivity index (χ1n) is 13.2. The fraction of sp³-hybridized carbons (Fsp3) is 0.212. The van der Waals surface area contributed by atoms with Gasteiger partial charge in [0.1, 0.15) is 0 Å². The van der Waals surface area contributed by atoms with E-state index in [2.05, 4.69) is 16.3 Å². The predicted molar refractivity (Wildman–Crippen MR) is 153 cm³/mol. The molecule has 0 unspecified atom stereocenters. The monoisotopic (exact) mass is 503 g/mol. The zero-order valence-electron chi connectivity index (χ0n) is 21.7. The standard InChI is InChI=1S/C33H33N3O2/c1-25-9-8-10-26(23-25)24-31(37)36-21-19-35(20-22-36)30-17-15-29(16-18-30)34-33(38)32(27-11-4-2-5-12-27)28-13-6-3-7-14-28/h2-18,23,32H,19-22,24H2,1H3,(H,34,38). The first-order valence-corrected chi connectivity index (χ1v) is 13.2. The van der Waals surface area contributed by atoms with Crippen LogP contribution in [-0.4, -0.2) is 42.9 Å². The number of hydrogen-bond donors (Lipinski definition) is 1. The molecule has 5 nitrogen and oxygen atoms in total. The third-order valence-electron chi connectivity index (χ3n) is 7.10. The Labute approximate surface area is 224 Å². The fourth-order valence-corrected chi connectivity index (χ4v) is 5.08. The lowest BCUT2D eigenvalue weighted by Crippen LogP contribution is -2.49. The third-order valence-corrected chi connectivity index (χ3v) is 7.10. The van der Waals surface area contributed by atoms with Crippen molar-refractivity contribution >= 4 is 23.2 Å². The maximum absolute atomic E-state index is 13.4. The highest BCUT2D eigenvalue weighted by atomic mass is 16.2. The second-order valence-electron chi connectivity index (χ2n) is 9.82. The molecule has 0 bridgehead atoms. The van der Waals surface area contributed by atoms with Gasteiger partial charge in [-0.05, 0) is 47.9 Å². The number of carbonyl (C=O) groups excluding carboxylic acids is 2. The molecular weight excluding hydrogens is 470 g/mol. The van der Waals surface area contributed by atoms with Crippen LogP contribution in [0.3, 0.4) is 0 Å². The molecule has 0 spiro atoms. The van der Waals surface area contributed by atoms with E-state index in [4.69, 9.17) is 0 Å². The third kappa shape index (κ3) is 6.12. The minimum Gasteiger partial charge on any atom is -0.368 e. The topological polar surface area (TPSA) is 52.7 Å². The van der Waals surface area contributed by atoms with Crippen LogP contribution >= 0.6 is 0 Å². The number of nitrogens with zero attached hydrogens (tertiary/aromatic N) is 2. The molecule has 1 N–H and O–H groups in total. The summed E-state index contributed by atoms with van der Waals surface area (Å²) in [6.45, 7) is 5.04. The molecule has 1 saturated heterocycles. The van der Waals surface area contributed by atoms with Crippen LogP contribution < -0.4 is 10.2 Å². The minimum atomic E-state index is -0.387. The van der Waals surface area contributed by atoms with E-state index in [9.17, 15) is 9.59 Å². The molecule has 1 aliphatic heterocycles. The Morgan fingerprint density at radius 1 is 0.737 bits per heavy atom. The molecule has 192 valence electrons. The van der Waals surface area contributed by atoms with Gasteiger partial charge in [-0.1, -0.05) is 90.5 Å². The Hall–Kier alpha value is -4.38. The smallest absolute Gasteiger partial charge is 0.236 e. The van der Waals surface area contributed by atoms with Gasteiger partial charge in [-0.3, -0.25) is 9.59 Å². The van der Waals surface area contributed by atoms with E-state index >= 15 is 0 Å². The van der Waals surface area contributed by atoms with Gasteiger partial charge in [-0.25, -0.2) is 0 Å². The Balaban J connectivity index is 1.19. The van der Waals surface area contributed by atoms with Gasteiger partial charge in [0.05, 0.1) is 12.3 Å². The van der Waals surface area contributed by atoms with Crippen molar-refractivity contribution in [2.75, 3.05) is 36.4 Å². The molecule has 0 atom stereocenters. The maximum Gasteiger partial charge on any atom is 0.236 e. The van der Waals surface area contributed by atoms with Gasteiger partial charge >= 0.3 is 0 Å². The van der Waals surface area contributed by atoms with Crippen molar-refractivity contribution < 1.29 is 9.59 Å². The molecule has 0 saturated carbocycles. The summed E-state index contributed by atoms with van der Waals surface area (Å²) in [5.74, 6) is -0.266. The summed E-state index contributed by atoms with van der Waals surface area (Å²) < 4.78 is 0. The van der Waals surface area contributed by atoms with E-state index in [1.54, 1.807) is 0 Å². The van der Waals surface area contributed by atoms with E-state index in [-0.39, 0.29) is 17.7 Å². The van der Waals surface area contributed by atoms with Crippen molar-refractivity contribution in [3.63, 3.8) is 0 Å². The number of anilines is 2. The number of piperazine rings is 1. The Bertz CT molecular complexity index is 1320. The summed E-state index contributed by atoms with van der Waals surface area (Å²) in [5, 5.41) is 3.11. The molecule has 1 fully saturated rings. The van der Waals surface area contributed by atoms with Crippen LogP contribution in [-0.2, 0) is 16.0 Å². The van der Waals surface area contributed by atoms with Crippen molar-refractivity contribution in [1.29, 1.82) is 0 Å². The van der Waals surface area contributed by atoms with Crippen LogP contribution in [0, 0.1) is 6.92 Å². The number of benzene rings is 4. The predicted octanol–water partition coefficient (Wildman–Crippen LogP) is 5.66. The lowest BCUT2D eigenvalue weighted by atomic mass is 9.90. The molecule has 1 heterocycles. The molecule has 5 heteroatoms. The molecule has 1 aliphatic rings. The highest BCUT2D eigenvalue weighted by Gasteiger charge is 2.24. The number of aryl methyl sites for hydroxylation is 1. The van der Waals surface area contributed by atoms with Gasteiger partial charge < -0.3 is 15.1 Å². The van der Waals surface area contributed by atoms with Gasteiger partial charge in [0, 0.05) is 37.6 Å². The molecule has 2 amide bonds. The summed E-state index contributed by atoms with van der Waals surface area (Å²) >= 11 is 0. The number of hydrogen-bond acceptors (Lipinski definition) is 3. The molecule has 4 aromatic carbocycles. The van der Waals surface area contributed by atoms with E-state index in [0.29, 0.717) is 19.5 Å². The average Bonchev–Trinajstić information content (AvgIpc) is 2.95. The van der Waals surface area contributed by atoms with Crippen molar-refractivity contribution in [2.24, 2.45) is 0 Å². The summed E-state index contributed by atoms with van der Waals surface area (Å²) in [4.78, 5) is 30.4. The van der Waals surface area contributed by atoms with Crippen molar-refractivity contribution in [3.05, 3.63) is 131 Å². The van der Waals surface area contributed by atoms with Crippen LogP contribution in [0.4, 0.5) is 11.4 Å². The zero-order valence-corrected chi connectivity index (χ0v) is 21.7. The number of rotatable bonds is 7. The summed E-state index contributed by atoms with van der Waals surface area (Å²) in [5.41, 5.74) is 6.02. The van der Waals surface area contributed by atoms with Crippen LogP contribution in [0.15, 0.2) is 109 Å². The van der Waals surface area contributed by atoms with Crippen molar-refractivity contribution in [1.82, 2.24) is 4.90 Å². The van der Waals surface area contributed by atoms with Gasteiger partial charge in [-0.15, -0.1) is 0 Å². The summed E-state index contributed by atoms with van der Waals surface area (Å²) in [7, 11) is 0. The van der Waals surface area contributed by atoms with E-state index < -0.39 is 0 Å². The van der Waals surface area contributed by atoms with Gasteiger partial charge in [0.2, 0.25) is 11.8 Å². The summed E-state index contributed by atoms with van der Waals surface area (Å²) in [6.07, 6.45) is 0.447. The van der Waals surface area contributed by atoms with E-state index in [1.807, 2.05) is 115 Å². The summed E-state index contributed by atoms with van der Waals surface area (Å²) in [6, 6.07) is 35.9. The van der Waals surface area contributed by atoms with Crippen molar-refractivity contribution in [2.45, 2.75) is 19.3 Å². The second-order valence-corrected chi connectivity index (χ2v) is 9.82. The SMILES string of the molecule is Cc1cccc(CC(=O)N2CCN(c3ccc(NC(=O)C(c4ccccc4)c4ccccc4)cc3)CC2)c1. The number of amides is 2. The normalized spacial score (nSPS) is 13.4. The molecular formula is C33H33N3O2. The first kappa shape index (κ1) is 25.3. The molecule has 4 aromatic rings. The van der Waals surface area contributed by atoms with Gasteiger partial charge in [-0.2, -0.15) is 0 Å². The molecule has 5 rings (SSSR count). The quantitative estimate of drug-likeness (QED) is 0.354. The van der Waals surface area contributed by atoms with E-state index in [0.717, 1.165) is 41.2 Å². The number of nitrogens with one attached hydrogen (secondary N) is 1. The van der Waals surface area contributed by atoms with E-state index in [1.165, 1.54) is 5.56 Å². The lowest BCUT2D eigenvalue weighted by molar-refractivity contribution is -0.130. The number of carbonyl (C=O) groups is 2. The Morgan fingerprint density at radius 3 is 1.92 bits per heavy atom. The second kappa shape index (κ2) is 11.8. The molecule has 0 aromatic heterocycles. The van der Waals surface area contributed by atoms with Crippen molar-refractivity contribution in [3.8, 4) is 0 Å². The van der Waals surface area contributed by atoms with Gasteiger partial charge in [0.15, 0.2) is 0 Å². The van der Waals surface area contributed by atoms with Crippen LogP contribution in [0.5, 0.6) is 0 Å². The first-order chi connectivity index (χ1) is 18.6.